The molecule has 28 heavy (non-hydrogen) atoms. The number of methoxy groups -OCH3 is 2. The van der Waals surface area contributed by atoms with Crippen LogP contribution in [0.15, 0.2) is 77.8 Å². The maximum absolute atomic E-state index is 6.03. The van der Waals surface area contributed by atoms with Crippen LogP contribution in [0, 0.1) is 0 Å². The van der Waals surface area contributed by atoms with Crippen LogP contribution in [0.2, 0.25) is 5.02 Å². The van der Waals surface area contributed by atoms with Crippen molar-refractivity contribution in [2.24, 2.45) is 4.99 Å². The summed E-state index contributed by atoms with van der Waals surface area (Å²) >= 11 is 6.03. The van der Waals surface area contributed by atoms with Gasteiger partial charge in [0, 0.05) is 21.7 Å². The van der Waals surface area contributed by atoms with E-state index in [1.165, 1.54) is 0 Å². The van der Waals surface area contributed by atoms with Crippen LogP contribution in [0.1, 0.15) is 16.7 Å². The second-order valence-electron chi connectivity index (χ2n) is 6.22. The Labute approximate surface area is 169 Å². The van der Waals surface area contributed by atoms with Crippen molar-refractivity contribution in [1.82, 2.24) is 5.32 Å². The second-order valence-corrected chi connectivity index (χ2v) is 6.65. The van der Waals surface area contributed by atoms with Crippen LogP contribution in [0.3, 0.4) is 0 Å². The molecule has 0 saturated carbocycles. The minimum Gasteiger partial charge on any atom is -0.497 e. The van der Waals surface area contributed by atoms with Crippen LogP contribution >= 0.6 is 11.6 Å². The smallest absolute Gasteiger partial charge is 0.160 e. The van der Waals surface area contributed by atoms with Crippen LogP contribution in [0.25, 0.3) is 11.4 Å². The minimum absolute atomic E-state index is 0.646. The lowest BCUT2D eigenvalue weighted by Crippen LogP contribution is -2.11. The SMILES string of the molecule is COc1cccc(C2=C(c3cccc(OC)c3)N=C(c3ccc(Cl)cc3)[N]2)c1. The third-order valence-corrected chi connectivity index (χ3v) is 4.70. The van der Waals surface area contributed by atoms with Crippen molar-refractivity contribution in [2.75, 3.05) is 14.2 Å². The molecule has 0 saturated heterocycles. The topological polar surface area (TPSA) is 44.9 Å². The molecular formula is C23H18ClN2O2. The van der Waals surface area contributed by atoms with Crippen molar-refractivity contribution in [1.29, 1.82) is 0 Å². The van der Waals surface area contributed by atoms with Crippen molar-refractivity contribution in [2.45, 2.75) is 0 Å². The molecule has 0 atom stereocenters. The molecule has 0 N–H and O–H groups in total. The molecule has 1 aliphatic rings. The Morgan fingerprint density at radius 2 is 1.25 bits per heavy atom. The number of rotatable bonds is 5. The van der Waals surface area contributed by atoms with Gasteiger partial charge in [-0.1, -0.05) is 35.9 Å². The van der Waals surface area contributed by atoms with Gasteiger partial charge in [0.05, 0.1) is 25.6 Å². The summed E-state index contributed by atoms with van der Waals surface area (Å²) in [5.74, 6) is 2.18. The zero-order valence-electron chi connectivity index (χ0n) is 15.5. The van der Waals surface area contributed by atoms with Gasteiger partial charge in [-0.15, -0.1) is 0 Å². The van der Waals surface area contributed by atoms with Crippen LogP contribution in [0.4, 0.5) is 0 Å². The number of nitrogens with zero attached hydrogens (tertiary/aromatic N) is 2. The lowest BCUT2D eigenvalue weighted by atomic mass is 10.1. The van der Waals surface area contributed by atoms with Crippen molar-refractivity contribution < 1.29 is 9.47 Å². The van der Waals surface area contributed by atoms with Gasteiger partial charge in [0.1, 0.15) is 11.5 Å². The molecule has 3 aromatic rings. The second kappa shape index (κ2) is 7.79. The highest BCUT2D eigenvalue weighted by atomic mass is 35.5. The number of hydrogen-bond donors (Lipinski definition) is 0. The van der Waals surface area contributed by atoms with E-state index < -0.39 is 0 Å². The minimum atomic E-state index is 0.646. The Morgan fingerprint density at radius 1 is 0.679 bits per heavy atom. The van der Waals surface area contributed by atoms with E-state index in [1.807, 2.05) is 72.8 Å². The predicted octanol–water partition coefficient (Wildman–Crippen LogP) is 5.25. The molecule has 3 aromatic carbocycles. The van der Waals surface area contributed by atoms with Gasteiger partial charge in [0.15, 0.2) is 5.84 Å². The van der Waals surface area contributed by atoms with Gasteiger partial charge in [-0.05, 0) is 48.5 Å². The number of ether oxygens (including phenoxy) is 2. The fraction of sp³-hybridized carbons (Fsp3) is 0.0870. The molecule has 0 amide bonds. The van der Waals surface area contributed by atoms with E-state index in [0.29, 0.717) is 10.9 Å². The summed E-state index contributed by atoms with van der Waals surface area (Å²) in [7, 11) is 3.30. The number of hydrogen-bond acceptors (Lipinski definition) is 3. The van der Waals surface area contributed by atoms with E-state index in [1.54, 1.807) is 14.2 Å². The Bertz CT molecular complexity index is 1070. The molecule has 4 nitrogen and oxygen atoms in total. The molecule has 139 valence electrons. The summed E-state index contributed by atoms with van der Waals surface area (Å²) < 4.78 is 10.8. The summed E-state index contributed by atoms with van der Waals surface area (Å²) in [4.78, 5) is 4.84. The molecule has 0 unspecified atom stereocenters. The Kier molecular flexibility index (Phi) is 5.04. The van der Waals surface area contributed by atoms with Gasteiger partial charge in [0.25, 0.3) is 0 Å². The average Bonchev–Trinajstić information content (AvgIpc) is 3.20. The fourth-order valence-electron chi connectivity index (χ4n) is 3.01. The Morgan fingerprint density at radius 3 is 1.82 bits per heavy atom. The third kappa shape index (κ3) is 3.59. The maximum Gasteiger partial charge on any atom is 0.160 e. The normalized spacial score (nSPS) is 13.2. The van der Waals surface area contributed by atoms with Crippen LogP contribution in [0.5, 0.6) is 11.5 Å². The van der Waals surface area contributed by atoms with E-state index in [9.17, 15) is 0 Å². The van der Waals surface area contributed by atoms with Gasteiger partial charge in [-0.3, -0.25) is 0 Å². The summed E-state index contributed by atoms with van der Waals surface area (Å²) in [6.07, 6.45) is 0. The largest absolute Gasteiger partial charge is 0.497 e. The van der Waals surface area contributed by atoms with Crippen LogP contribution in [-0.2, 0) is 0 Å². The first kappa shape index (κ1) is 18.1. The summed E-state index contributed by atoms with van der Waals surface area (Å²) in [5, 5.41) is 5.51. The quantitative estimate of drug-likeness (QED) is 0.598. The lowest BCUT2D eigenvalue weighted by molar-refractivity contribution is 0.414. The van der Waals surface area contributed by atoms with Crippen molar-refractivity contribution in [3.63, 3.8) is 0 Å². The summed E-state index contributed by atoms with van der Waals surface area (Å²) in [6, 6.07) is 23.1. The van der Waals surface area contributed by atoms with E-state index in [4.69, 9.17) is 31.4 Å². The van der Waals surface area contributed by atoms with Gasteiger partial charge in [-0.2, -0.15) is 0 Å². The molecule has 0 bridgehead atoms. The molecule has 0 fully saturated rings. The number of amidine groups is 1. The number of halogens is 1. The first-order valence-electron chi connectivity index (χ1n) is 8.77. The molecule has 1 heterocycles. The average molecular weight is 390 g/mol. The summed E-state index contributed by atoms with van der Waals surface area (Å²) in [5.41, 5.74) is 4.35. The molecule has 1 radical (unpaired) electrons. The first-order chi connectivity index (χ1) is 13.7. The molecule has 5 heteroatoms. The zero-order chi connectivity index (χ0) is 19.5. The first-order valence-corrected chi connectivity index (χ1v) is 9.15. The third-order valence-electron chi connectivity index (χ3n) is 4.45. The molecule has 0 aromatic heterocycles. The predicted molar refractivity (Wildman–Crippen MR) is 113 cm³/mol. The highest BCUT2D eigenvalue weighted by molar-refractivity contribution is 6.30. The highest BCUT2D eigenvalue weighted by Gasteiger charge is 2.24. The zero-order valence-corrected chi connectivity index (χ0v) is 16.3. The van der Waals surface area contributed by atoms with E-state index in [-0.39, 0.29) is 0 Å². The van der Waals surface area contributed by atoms with Crippen molar-refractivity contribution in [3.8, 4) is 11.5 Å². The molecule has 0 spiro atoms. The number of benzene rings is 3. The molecule has 0 aliphatic carbocycles. The van der Waals surface area contributed by atoms with E-state index in [2.05, 4.69) is 0 Å². The van der Waals surface area contributed by atoms with Crippen molar-refractivity contribution >= 4 is 28.8 Å². The fourth-order valence-corrected chi connectivity index (χ4v) is 3.14. The van der Waals surface area contributed by atoms with Crippen molar-refractivity contribution in [3.05, 3.63) is 94.5 Å². The summed E-state index contributed by atoms with van der Waals surface area (Å²) in [6.45, 7) is 0. The Hall–Kier alpha value is -3.24. The standard InChI is InChI=1S/C23H18ClN2O2/c1-27-19-7-3-5-16(13-19)21-22(17-6-4-8-20(14-17)28-2)26-23(25-21)15-9-11-18(24)12-10-15/h3-14H,1-2H3. The van der Waals surface area contributed by atoms with Gasteiger partial charge >= 0.3 is 0 Å². The number of aliphatic imine (C=N–C) groups is 1. The van der Waals surface area contributed by atoms with Gasteiger partial charge in [0.2, 0.25) is 0 Å². The molecular weight excluding hydrogens is 372 g/mol. The van der Waals surface area contributed by atoms with Gasteiger partial charge in [-0.25, -0.2) is 10.3 Å². The molecule has 4 rings (SSSR count). The highest BCUT2D eigenvalue weighted by Crippen LogP contribution is 2.34. The van der Waals surface area contributed by atoms with Crippen LogP contribution < -0.4 is 14.8 Å². The lowest BCUT2D eigenvalue weighted by Gasteiger charge is -2.09. The van der Waals surface area contributed by atoms with E-state index >= 15 is 0 Å². The van der Waals surface area contributed by atoms with E-state index in [0.717, 1.165) is 39.6 Å². The monoisotopic (exact) mass is 389 g/mol. The van der Waals surface area contributed by atoms with Crippen LogP contribution in [-0.4, -0.2) is 20.1 Å². The van der Waals surface area contributed by atoms with Gasteiger partial charge < -0.3 is 9.47 Å². The Balaban J connectivity index is 1.82. The maximum atomic E-state index is 6.03. The molecule has 1 aliphatic heterocycles.